The van der Waals surface area contributed by atoms with Gasteiger partial charge in [0.15, 0.2) is 5.65 Å². The highest BCUT2D eigenvalue weighted by atomic mass is 16.1. The van der Waals surface area contributed by atoms with Crippen LogP contribution in [0.3, 0.4) is 0 Å². The molecule has 8 heteroatoms. The minimum absolute atomic E-state index is 0.0131. The van der Waals surface area contributed by atoms with Crippen molar-refractivity contribution in [3.63, 3.8) is 0 Å². The molecule has 1 aromatic carbocycles. The predicted octanol–water partition coefficient (Wildman–Crippen LogP) is 2.51. The quantitative estimate of drug-likeness (QED) is 0.582. The highest BCUT2D eigenvalue weighted by Gasteiger charge is 2.17. The van der Waals surface area contributed by atoms with E-state index in [-0.39, 0.29) is 5.91 Å². The molecule has 8 nitrogen and oxygen atoms in total. The normalized spacial score (nSPS) is 12.8. The monoisotopic (exact) mass is 357 g/mol. The van der Waals surface area contributed by atoms with Crippen LogP contribution in [0.4, 0.5) is 17.3 Å². The van der Waals surface area contributed by atoms with Gasteiger partial charge in [0.1, 0.15) is 0 Å². The van der Waals surface area contributed by atoms with Gasteiger partial charge < -0.3 is 10.6 Å². The van der Waals surface area contributed by atoms with Crippen LogP contribution in [0.5, 0.6) is 0 Å². The van der Waals surface area contributed by atoms with Crippen molar-refractivity contribution < 1.29 is 4.79 Å². The van der Waals surface area contributed by atoms with Gasteiger partial charge in [-0.25, -0.2) is 9.67 Å². The van der Waals surface area contributed by atoms with Crippen molar-refractivity contribution in [3.05, 3.63) is 66.2 Å². The lowest BCUT2D eigenvalue weighted by molar-refractivity contribution is -0.115. The van der Waals surface area contributed by atoms with Crippen molar-refractivity contribution in [3.8, 4) is 0 Å². The average Bonchev–Trinajstić information content (AvgIpc) is 3.25. The molecule has 0 fully saturated rings. The van der Waals surface area contributed by atoms with E-state index in [1.807, 2.05) is 41.2 Å². The lowest BCUT2D eigenvalue weighted by Crippen LogP contribution is -2.04. The fraction of sp³-hybridized carbons (Fsp3) is 0.105. The zero-order valence-corrected chi connectivity index (χ0v) is 14.3. The first-order chi connectivity index (χ1) is 13.2. The summed E-state index contributed by atoms with van der Waals surface area (Å²) >= 11 is 0. The minimum atomic E-state index is 0.0131. The van der Waals surface area contributed by atoms with Gasteiger partial charge in [0.05, 0.1) is 24.5 Å². The number of nitrogens with one attached hydrogen (secondary N) is 2. The molecule has 5 rings (SSSR count). The standard InChI is InChI=1S/C19H15N7O/c27-17-7-13-6-15(3-4-16(13)24-17)23-19-21-9-14-10-22-26(18(14)25-19)11-12-2-1-5-20-8-12/h1-6,8-10H,7,11H2,(H,24,27)(H,21,23,25). The molecule has 0 saturated carbocycles. The Balaban J connectivity index is 1.44. The number of hydrogen-bond donors (Lipinski definition) is 2. The smallest absolute Gasteiger partial charge is 0.229 e. The molecule has 0 atom stereocenters. The Bertz CT molecular complexity index is 1150. The first-order valence-electron chi connectivity index (χ1n) is 8.52. The van der Waals surface area contributed by atoms with E-state index in [1.54, 1.807) is 18.6 Å². The van der Waals surface area contributed by atoms with Crippen LogP contribution in [0, 0.1) is 0 Å². The zero-order valence-electron chi connectivity index (χ0n) is 14.3. The third-order valence-corrected chi connectivity index (χ3v) is 4.42. The Morgan fingerprint density at radius 2 is 2.15 bits per heavy atom. The minimum Gasteiger partial charge on any atom is -0.326 e. The van der Waals surface area contributed by atoms with Crippen LogP contribution < -0.4 is 10.6 Å². The van der Waals surface area contributed by atoms with E-state index < -0.39 is 0 Å². The van der Waals surface area contributed by atoms with E-state index in [0.29, 0.717) is 18.9 Å². The number of anilines is 3. The largest absolute Gasteiger partial charge is 0.326 e. The van der Waals surface area contributed by atoms with Gasteiger partial charge in [-0.2, -0.15) is 10.1 Å². The molecule has 132 valence electrons. The summed E-state index contributed by atoms with van der Waals surface area (Å²) in [5.74, 6) is 0.492. The van der Waals surface area contributed by atoms with Crippen molar-refractivity contribution in [2.45, 2.75) is 13.0 Å². The van der Waals surface area contributed by atoms with E-state index in [0.717, 1.165) is 33.5 Å². The number of aromatic nitrogens is 5. The molecule has 0 unspecified atom stereocenters. The average molecular weight is 357 g/mol. The van der Waals surface area contributed by atoms with E-state index in [4.69, 9.17) is 0 Å². The zero-order chi connectivity index (χ0) is 18.2. The molecule has 0 saturated heterocycles. The maximum absolute atomic E-state index is 11.5. The van der Waals surface area contributed by atoms with Crippen LogP contribution in [0.15, 0.2) is 55.1 Å². The topological polar surface area (TPSA) is 97.6 Å². The Labute approximate surface area is 154 Å². The van der Waals surface area contributed by atoms with Crippen molar-refractivity contribution in [1.29, 1.82) is 0 Å². The lowest BCUT2D eigenvalue weighted by Gasteiger charge is -2.07. The molecule has 1 aliphatic rings. The molecule has 0 spiro atoms. The van der Waals surface area contributed by atoms with Gasteiger partial charge in [-0.15, -0.1) is 0 Å². The second-order valence-electron chi connectivity index (χ2n) is 6.36. The van der Waals surface area contributed by atoms with E-state index in [9.17, 15) is 4.79 Å². The van der Waals surface area contributed by atoms with Gasteiger partial charge in [0.2, 0.25) is 11.9 Å². The summed E-state index contributed by atoms with van der Waals surface area (Å²) in [5, 5.41) is 11.3. The number of amides is 1. The van der Waals surface area contributed by atoms with Gasteiger partial charge >= 0.3 is 0 Å². The number of rotatable bonds is 4. The van der Waals surface area contributed by atoms with Gasteiger partial charge in [-0.3, -0.25) is 9.78 Å². The van der Waals surface area contributed by atoms with Crippen LogP contribution in [-0.4, -0.2) is 30.6 Å². The summed E-state index contributed by atoms with van der Waals surface area (Å²) in [6.07, 6.45) is 7.45. The maximum atomic E-state index is 11.5. The van der Waals surface area contributed by atoms with Crippen LogP contribution in [0.1, 0.15) is 11.1 Å². The molecule has 27 heavy (non-hydrogen) atoms. The Morgan fingerprint density at radius 3 is 3.04 bits per heavy atom. The lowest BCUT2D eigenvalue weighted by atomic mass is 10.1. The molecular formula is C19H15N7O. The second-order valence-corrected chi connectivity index (χ2v) is 6.36. The SMILES string of the molecule is O=C1Cc2cc(Nc3ncc4cnn(Cc5cccnc5)c4n3)ccc2N1. The summed E-state index contributed by atoms with van der Waals surface area (Å²) in [6.45, 7) is 0.584. The van der Waals surface area contributed by atoms with E-state index in [1.165, 1.54) is 0 Å². The number of nitrogens with zero attached hydrogens (tertiary/aromatic N) is 5. The van der Waals surface area contributed by atoms with Crippen molar-refractivity contribution in [1.82, 2.24) is 24.7 Å². The van der Waals surface area contributed by atoms with Gasteiger partial charge in [-0.1, -0.05) is 6.07 Å². The van der Waals surface area contributed by atoms with Crippen LogP contribution in [0.2, 0.25) is 0 Å². The van der Waals surface area contributed by atoms with E-state index in [2.05, 4.69) is 30.7 Å². The molecule has 4 aromatic rings. The summed E-state index contributed by atoms with van der Waals surface area (Å²) in [7, 11) is 0. The molecule has 0 bridgehead atoms. The third-order valence-electron chi connectivity index (χ3n) is 4.42. The summed E-state index contributed by atoms with van der Waals surface area (Å²) in [6, 6.07) is 9.61. The number of carbonyl (C=O) groups is 1. The van der Waals surface area contributed by atoms with Crippen molar-refractivity contribution in [2.75, 3.05) is 10.6 Å². The van der Waals surface area contributed by atoms with Crippen LogP contribution in [0.25, 0.3) is 11.0 Å². The summed E-state index contributed by atoms with van der Waals surface area (Å²) in [4.78, 5) is 24.6. The molecule has 0 radical (unpaired) electrons. The molecule has 1 aliphatic heterocycles. The predicted molar refractivity (Wildman–Crippen MR) is 101 cm³/mol. The molecule has 4 heterocycles. The molecule has 1 amide bonds. The number of hydrogen-bond acceptors (Lipinski definition) is 6. The van der Waals surface area contributed by atoms with Crippen molar-refractivity contribution in [2.24, 2.45) is 0 Å². The third kappa shape index (κ3) is 2.97. The first kappa shape index (κ1) is 15.4. The van der Waals surface area contributed by atoms with Gasteiger partial charge in [-0.05, 0) is 35.4 Å². The Morgan fingerprint density at radius 1 is 1.19 bits per heavy atom. The molecular weight excluding hydrogens is 342 g/mol. The van der Waals surface area contributed by atoms with Crippen molar-refractivity contribution >= 4 is 34.3 Å². The number of carbonyl (C=O) groups excluding carboxylic acids is 1. The number of pyridine rings is 1. The van der Waals surface area contributed by atoms with Crippen LogP contribution in [-0.2, 0) is 17.8 Å². The molecule has 2 N–H and O–H groups in total. The number of fused-ring (bicyclic) bond motifs is 2. The second kappa shape index (κ2) is 6.17. The summed E-state index contributed by atoms with van der Waals surface area (Å²) < 4.78 is 1.82. The number of benzene rings is 1. The van der Waals surface area contributed by atoms with Crippen LogP contribution >= 0.6 is 0 Å². The fourth-order valence-electron chi connectivity index (χ4n) is 3.14. The highest BCUT2D eigenvalue weighted by molar-refractivity contribution is 5.99. The van der Waals surface area contributed by atoms with Gasteiger partial charge in [0.25, 0.3) is 0 Å². The summed E-state index contributed by atoms with van der Waals surface area (Å²) in [5.41, 5.74) is 4.45. The molecule has 0 aliphatic carbocycles. The highest BCUT2D eigenvalue weighted by Crippen LogP contribution is 2.27. The first-order valence-corrected chi connectivity index (χ1v) is 8.52. The Hall–Kier alpha value is -3.81. The molecule has 3 aromatic heterocycles. The van der Waals surface area contributed by atoms with E-state index >= 15 is 0 Å². The Kier molecular flexibility index (Phi) is 3.53. The maximum Gasteiger partial charge on any atom is 0.229 e. The van der Waals surface area contributed by atoms with Gasteiger partial charge in [0, 0.05) is 30.0 Å². The fourth-order valence-corrected chi connectivity index (χ4v) is 3.14.